The summed E-state index contributed by atoms with van der Waals surface area (Å²) < 4.78 is 10.8. The molecular weight excluding hydrogens is 181 g/mol. The number of rotatable bonds is 4. The van der Waals surface area contributed by atoms with Crippen LogP contribution in [0.25, 0.3) is 0 Å². The maximum atomic E-state index is 11.5. The minimum absolute atomic E-state index is 0.0102. The first-order chi connectivity index (χ1) is 6.65. The van der Waals surface area contributed by atoms with Crippen molar-refractivity contribution in [1.29, 1.82) is 0 Å². The van der Waals surface area contributed by atoms with Crippen molar-refractivity contribution in [3.05, 3.63) is 0 Å². The van der Waals surface area contributed by atoms with Crippen LogP contribution in [0.1, 0.15) is 19.8 Å². The quantitative estimate of drug-likeness (QED) is 0.628. The molecule has 0 aliphatic carbocycles. The van der Waals surface area contributed by atoms with Gasteiger partial charge in [-0.05, 0) is 6.32 Å². The summed E-state index contributed by atoms with van der Waals surface area (Å²) in [4.78, 5) is 13.0. The summed E-state index contributed by atoms with van der Waals surface area (Å²) in [5.74, 6) is -0.0102. The van der Waals surface area contributed by atoms with Crippen molar-refractivity contribution in [3.63, 3.8) is 0 Å². The smallest absolute Gasteiger partial charge is 0.408 e. The highest BCUT2D eigenvalue weighted by atomic mass is 16.6. The molecule has 4 nitrogen and oxygen atoms in total. The van der Waals surface area contributed by atoms with Crippen LogP contribution >= 0.6 is 0 Å². The molecule has 0 radical (unpaired) electrons. The van der Waals surface area contributed by atoms with Gasteiger partial charge in [0.1, 0.15) is 6.10 Å². The van der Waals surface area contributed by atoms with Crippen molar-refractivity contribution in [1.82, 2.24) is 4.90 Å². The Hall–Kier alpha value is -0.545. The third-order valence-corrected chi connectivity index (χ3v) is 2.26. The molecule has 1 heterocycles. The summed E-state index contributed by atoms with van der Waals surface area (Å²) in [6, 6.07) is 0. The minimum atomic E-state index is -0.396. The van der Waals surface area contributed by atoms with Gasteiger partial charge in [-0.25, -0.2) is 0 Å². The lowest BCUT2D eigenvalue weighted by atomic mass is 9.83. The van der Waals surface area contributed by atoms with Gasteiger partial charge in [-0.3, -0.25) is 4.79 Å². The molecule has 0 aromatic carbocycles. The molecule has 1 atom stereocenters. The van der Waals surface area contributed by atoms with Gasteiger partial charge in [0.25, 0.3) is 5.91 Å². The van der Waals surface area contributed by atoms with Crippen LogP contribution in [0.3, 0.4) is 0 Å². The zero-order chi connectivity index (χ0) is 10.6. The van der Waals surface area contributed by atoms with Gasteiger partial charge in [-0.1, -0.05) is 19.8 Å². The second-order valence-corrected chi connectivity index (χ2v) is 3.76. The van der Waals surface area contributed by atoms with Gasteiger partial charge in [0.2, 0.25) is 0 Å². The van der Waals surface area contributed by atoms with E-state index in [1.165, 1.54) is 4.90 Å². The van der Waals surface area contributed by atoms with Gasteiger partial charge in [-0.15, -0.1) is 0 Å². The van der Waals surface area contributed by atoms with E-state index in [1.807, 2.05) is 0 Å². The average molecular weight is 199 g/mol. The fraction of sp³-hybridized carbons (Fsp3) is 0.889. The predicted molar refractivity (Wildman–Crippen MR) is 55.0 cm³/mol. The molecule has 1 saturated heterocycles. The molecule has 1 amide bonds. The van der Waals surface area contributed by atoms with E-state index in [4.69, 9.17) is 9.31 Å². The normalized spacial score (nSPS) is 21.4. The zero-order valence-corrected chi connectivity index (χ0v) is 9.16. The third kappa shape index (κ3) is 2.99. The van der Waals surface area contributed by atoms with Crippen LogP contribution in [0.15, 0.2) is 0 Å². The molecular formula is C9H18BNO3. The van der Waals surface area contributed by atoms with Crippen molar-refractivity contribution < 1.29 is 14.1 Å². The first-order valence-electron chi connectivity index (χ1n) is 5.13. The number of hydrogen-bond donors (Lipinski definition) is 0. The molecule has 0 saturated carbocycles. The minimum Gasteiger partial charge on any atom is -0.408 e. The third-order valence-electron chi connectivity index (χ3n) is 2.26. The number of carbonyl (C=O) groups is 1. The molecule has 5 heteroatoms. The Morgan fingerprint density at radius 1 is 1.57 bits per heavy atom. The lowest BCUT2D eigenvalue weighted by molar-refractivity contribution is -0.135. The number of nitrogens with zero attached hydrogens (tertiary/aromatic N) is 1. The van der Waals surface area contributed by atoms with Crippen LogP contribution in [0.2, 0.25) is 6.32 Å². The van der Waals surface area contributed by atoms with E-state index in [1.54, 1.807) is 14.1 Å². The van der Waals surface area contributed by atoms with Crippen molar-refractivity contribution in [2.45, 2.75) is 32.2 Å². The molecule has 0 aromatic rings. The number of amides is 1. The molecule has 1 unspecified atom stereocenters. The van der Waals surface area contributed by atoms with Crippen molar-refractivity contribution >= 4 is 13.0 Å². The van der Waals surface area contributed by atoms with Crippen LogP contribution < -0.4 is 0 Å². The second kappa shape index (κ2) is 5.36. The SMILES string of the molecule is CCCCB1OCC(C(=O)N(C)C)O1. The highest BCUT2D eigenvalue weighted by Crippen LogP contribution is 2.15. The van der Waals surface area contributed by atoms with Crippen LogP contribution in [0.5, 0.6) is 0 Å². The second-order valence-electron chi connectivity index (χ2n) is 3.76. The molecule has 1 fully saturated rings. The summed E-state index contributed by atoms with van der Waals surface area (Å²) in [5, 5.41) is 0. The lowest BCUT2D eigenvalue weighted by Gasteiger charge is -2.14. The molecule has 80 valence electrons. The molecule has 1 aliphatic heterocycles. The van der Waals surface area contributed by atoms with E-state index in [2.05, 4.69) is 6.92 Å². The Balaban J connectivity index is 2.30. The number of likely N-dealkylation sites (N-methyl/N-ethyl adjacent to an activating group) is 1. The standard InChI is InChI=1S/C9H18BNO3/c1-4-5-6-10-13-7-8(14-10)9(12)11(2)3/h8H,4-7H2,1-3H3. The van der Waals surface area contributed by atoms with E-state index in [0.717, 1.165) is 19.2 Å². The van der Waals surface area contributed by atoms with Gasteiger partial charge >= 0.3 is 7.12 Å². The topological polar surface area (TPSA) is 38.8 Å². The Morgan fingerprint density at radius 2 is 2.29 bits per heavy atom. The summed E-state index contributed by atoms with van der Waals surface area (Å²) >= 11 is 0. The fourth-order valence-electron chi connectivity index (χ4n) is 1.40. The van der Waals surface area contributed by atoms with Crippen molar-refractivity contribution in [2.75, 3.05) is 20.7 Å². The van der Waals surface area contributed by atoms with Crippen molar-refractivity contribution in [3.8, 4) is 0 Å². The van der Waals surface area contributed by atoms with Crippen LogP contribution in [0.4, 0.5) is 0 Å². The molecule has 0 bridgehead atoms. The Kier molecular flexibility index (Phi) is 4.42. The number of carbonyl (C=O) groups excluding carboxylic acids is 1. The highest BCUT2D eigenvalue weighted by Gasteiger charge is 2.35. The predicted octanol–water partition coefficient (Wildman–Crippen LogP) is 0.778. The maximum absolute atomic E-state index is 11.5. The number of hydrogen-bond acceptors (Lipinski definition) is 3. The Bertz CT molecular complexity index is 198. The van der Waals surface area contributed by atoms with Gasteiger partial charge in [-0.2, -0.15) is 0 Å². The molecule has 0 spiro atoms. The maximum Gasteiger partial charge on any atom is 0.457 e. The Labute approximate surface area is 85.7 Å². The van der Waals surface area contributed by atoms with E-state index in [9.17, 15) is 4.79 Å². The lowest BCUT2D eigenvalue weighted by Crippen LogP contribution is -2.35. The van der Waals surface area contributed by atoms with Crippen LogP contribution in [-0.4, -0.2) is 44.7 Å². The largest absolute Gasteiger partial charge is 0.457 e. The van der Waals surface area contributed by atoms with Crippen molar-refractivity contribution in [2.24, 2.45) is 0 Å². The Morgan fingerprint density at radius 3 is 2.86 bits per heavy atom. The van der Waals surface area contributed by atoms with E-state index < -0.39 is 6.10 Å². The van der Waals surface area contributed by atoms with Gasteiger partial charge in [0, 0.05) is 14.1 Å². The molecule has 14 heavy (non-hydrogen) atoms. The summed E-state index contributed by atoms with van der Waals surface area (Å²) in [5.41, 5.74) is 0. The fourth-order valence-corrected chi connectivity index (χ4v) is 1.40. The molecule has 1 rings (SSSR count). The van der Waals surface area contributed by atoms with Gasteiger partial charge < -0.3 is 14.2 Å². The summed E-state index contributed by atoms with van der Waals surface area (Å²) in [6.45, 7) is 2.52. The van der Waals surface area contributed by atoms with Crippen LogP contribution in [-0.2, 0) is 14.1 Å². The van der Waals surface area contributed by atoms with E-state index in [-0.39, 0.29) is 13.0 Å². The monoisotopic (exact) mass is 199 g/mol. The highest BCUT2D eigenvalue weighted by molar-refractivity contribution is 6.45. The van der Waals surface area contributed by atoms with Crippen LogP contribution in [0, 0.1) is 0 Å². The zero-order valence-electron chi connectivity index (χ0n) is 9.16. The first-order valence-corrected chi connectivity index (χ1v) is 5.13. The summed E-state index contributed by atoms with van der Waals surface area (Å²) in [6.07, 6.45) is 2.68. The number of unbranched alkanes of at least 4 members (excludes halogenated alkanes) is 1. The first kappa shape index (κ1) is 11.5. The van der Waals surface area contributed by atoms with E-state index in [0.29, 0.717) is 6.61 Å². The summed E-state index contributed by atoms with van der Waals surface area (Å²) in [7, 11) is 3.28. The van der Waals surface area contributed by atoms with Gasteiger partial charge in [0.05, 0.1) is 6.61 Å². The molecule has 0 aromatic heterocycles. The van der Waals surface area contributed by atoms with E-state index >= 15 is 0 Å². The molecule has 0 N–H and O–H groups in total. The average Bonchev–Trinajstić information content (AvgIpc) is 2.61. The molecule has 1 aliphatic rings. The van der Waals surface area contributed by atoms with Gasteiger partial charge in [0.15, 0.2) is 0 Å².